The maximum Gasteiger partial charge on any atom is 0.237 e. The van der Waals surface area contributed by atoms with Crippen molar-refractivity contribution in [3.63, 3.8) is 0 Å². The van der Waals surface area contributed by atoms with Gasteiger partial charge in [-0.05, 0) is 12.1 Å². The lowest BCUT2D eigenvalue weighted by Gasteiger charge is -2.22. The van der Waals surface area contributed by atoms with Crippen LogP contribution in [0.2, 0.25) is 0 Å². The Labute approximate surface area is 112 Å². The Morgan fingerprint density at radius 1 is 1.28 bits per heavy atom. The molecular formula is C12H16ClN3O2. The van der Waals surface area contributed by atoms with E-state index in [-0.39, 0.29) is 30.6 Å². The number of carbonyl (C=O) groups excluding carboxylic acids is 2. The molecule has 1 aromatic rings. The fourth-order valence-corrected chi connectivity index (χ4v) is 1.73. The van der Waals surface area contributed by atoms with E-state index in [2.05, 4.69) is 16.0 Å². The van der Waals surface area contributed by atoms with Crippen LogP contribution in [0.4, 0.5) is 5.69 Å². The summed E-state index contributed by atoms with van der Waals surface area (Å²) in [5.41, 5.74) is 0.744. The molecule has 5 nitrogen and oxygen atoms in total. The zero-order valence-corrected chi connectivity index (χ0v) is 10.6. The molecule has 1 aliphatic rings. The number of amides is 2. The number of para-hydroxylation sites is 1. The SMILES string of the molecule is Cl.O=C(CC1NCCNC1=O)Nc1ccccc1. The number of hydrogen-bond acceptors (Lipinski definition) is 3. The van der Waals surface area contributed by atoms with E-state index in [1.807, 2.05) is 30.3 Å². The van der Waals surface area contributed by atoms with E-state index >= 15 is 0 Å². The summed E-state index contributed by atoms with van der Waals surface area (Å²) in [7, 11) is 0. The van der Waals surface area contributed by atoms with Crippen molar-refractivity contribution in [3.05, 3.63) is 30.3 Å². The number of piperazine rings is 1. The maximum atomic E-state index is 11.7. The smallest absolute Gasteiger partial charge is 0.237 e. The molecule has 6 heteroatoms. The van der Waals surface area contributed by atoms with Crippen molar-refractivity contribution < 1.29 is 9.59 Å². The average molecular weight is 270 g/mol. The number of carbonyl (C=O) groups is 2. The molecule has 1 atom stereocenters. The molecule has 98 valence electrons. The standard InChI is InChI=1S/C12H15N3O2.ClH/c16-11(15-9-4-2-1-3-5-9)8-10-12(17)14-7-6-13-10;/h1-5,10,13H,6-8H2,(H,14,17)(H,15,16);1H. The Morgan fingerprint density at radius 2 is 2.00 bits per heavy atom. The molecule has 0 aromatic heterocycles. The zero-order chi connectivity index (χ0) is 12.1. The number of rotatable bonds is 3. The van der Waals surface area contributed by atoms with Gasteiger partial charge in [-0.25, -0.2) is 0 Å². The quantitative estimate of drug-likeness (QED) is 0.750. The van der Waals surface area contributed by atoms with Gasteiger partial charge in [-0.1, -0.05) is 18.2 Å². The first-order chi connectivity index (χ1) is 8.25. The highest BCUT2D eigenvalue weighted by molar-refractivity contribution is 5.95. The molecule has 1 unspecified atom stereocenters. The van der Waals surface area contributed by atoms with Crippen molar-refractivity contribution in [2.75, 3.05) is 18.4 Å². The Kier molecular flexibility index (Phi) is 5.61. The monoisotopic (exact) mass is 269 g/mol. The second-order valence-corrected chi connectivity index (χ2v) is 3.92. The summed E-state index contributed by atoms with van der Waals surface area (Å²) in [6.07, 6.45) is 0.153. The van der Waals surface area contributed by atoms with Gasteiger partial charge in [0.15, 0.2) is 0 Å². The van der Waals surface area contributed by atoms with E-state index in [9.17, 15) is 9.59 Å². The van der Waals surface area contributed by atoms with Gasteiger partial charge in [-0.15, -0.1) is 12.4 Å². The first-order valence-corrected chi connectivity index (χ1v) is 5.62. The van der Waals surface area contributed by atoms with Crippen LogP contribution in [0.15, 0.2) is 30.3 Å². The molecule has 1 saturated heterocycles. The molecule has 3 N–H and O–H groups in total. The van der Waals surface area contributed by atoms with Crippen molar-refractivity contribution in [2.45, 2.75) is 12.5 Å². The molecule has 1 aromatic carbocycles. The summed E-state index contributed by atoms with van der Waals surface area (Å²) in [5, 5.41) is 8.48. The van der Waals surface area contributed by atoms with Crippen LogP contribution in [0.25, 0.3) is 0 Å². The maximum absolute atomic E-state index is 11.7. The first-order valence-electron chi connectivity index (χ1n) is 5.62. The van der Waals surface area contributed by atoms with Crippen LogP contribution >= 0.6 is 12.4 Å². The van der Waals surface area contributed by atoms with Gasteiger partial charge < -0.3 is 16.0 Å². The van der Waals surface area contributed by atoms with Crippen LogP contribution < -0.4 is 16.0 Å². The van der Waals surface area contributed by atoms with Gasteiger partial charge in [0.2, 0.25) is 11.8 Å². The summed E-state index contributed by atoms with van der Waals surface area (Å²) >= 11 is 0. The minimum absolute atomic E-state index is 0. The number of anilines is 1. The molecule has 1 aliphatic heterocycles. The summed E-state index contributed by atoms with van der Waals surface area (Å²) in [6, 6.07) is 8.78. The lowest BCUT2D eigenvalue weighted by Crippen LogP contribution is -2.53. The Hall–Kier alpha value is -1.59. The summed E-state index contributed by atoms with van der Waals surface area (Å²) < 4.78 is 0. The predicted octanol–water partition coefficient (Wildman–Crippen LogP) is 0.525. The zero-order valence-electron chi connectivity index (χ0n) is 9.81. The first kappa shape index (κ1) is 14.5. The molecule has 18 heavy (non-hydrogen) atoms. The summed E-state index contributed by atoms with van der Waals surface area (Å²) in [6.45, 7) is 1.32. The minimum Gasteiger partial charge on any atom is -0.353 e. The Balaban J connectivity index is 0.00000162. The molecule has 0 aliphatic carbocycles. The largest absolute Gasteiger partial charge is 0.353 e. The van der Waals surface area contributed by atoms with E-state index in [1.165, 1.54) is 0 Å². The van der Waals surface area contributed by atoms with Crippen LogP contribution in [0.3, 0.4) is 0 Å². The van der Waals surface area contributed by atoms with E-state index in [0.717, 1.165) is 5.69 Å². The molecule has 2 amide bonds. The topological polar surface area (TPSA) is 70.2 Å². The molecule has 2 rings (SSSR count). The van der Waals surface area contributed by atoms with Crippen LogP contribution in [0.1, 0.15) is 6.42 Å². The van der Waals surface area contributed by atoms with E-state index < -0.39 is 6.04 Å². The van der Waals surface area contributed by atoms with Gasteiger partial charge in [0, 0.05) is 18.8 Å². The van der Waals surface area contributed by atoms with Crippen molar-refractivity contribution >= 4 is 29.9 Å². The summed E-state index contributed by atoms with van der Waals surface area (Å²) in [5.74, 6) is -0.273. The van der Waals surface area contributed by atoms with E-state index in [1.54, 1.807) is 0 Å². The van der Waals surface area contributed by atoms with Crippen molar-refractivity contribution in [1.29, 1.82) is 0 Å². The highest BCUT2D eigenvalue weighted by atomic mass is 35.5. The third-order valence-corrected chi connectivity index (χ3v) is 2.58. The molecule has 1 fully saturated rings. The highest BCUT2D eigenvalue weighted by Gasteiger charge is 2.23. The summed E-state index contributed by atoms with van der Waals surface area (Å²) in [4.78, 5) is 23.1. The highest BCUT2D eigenvalue weighted by Crippen LogP contribution is 2.06. The molecule has 0 radical (unpaired) electrons. The number of halogens is 1. The van der Waals surface area contributed by atoms with E-state index in [0.29, 0.717) is 13.1 Å². The van der Waals surface area contributed by atoms with Gasteiger partial charge in [0.05, 0.1) is 12.5 Å². The minimum atomic E-state index is -0.424. The predicted molar refractivity (Wildman–Crippen MR) is 71.7 cm³/mol. The third-order valence-electron chi connectivity index (χ3n) is 2.58. The number of nitrogens with one attached hydrogen (secondary N) is 3. The lowest BCUT2D eigenvalue weighted by molar-refractivity contribution is -0.127. The van der Waals surface area contributed by atoms with Crippen LogP contribution in [-0.2, 0) is 9.59 Å². The molecular weight excluding hydrogens is 254 g/mol. The molecule has 0 spiro atoms. The van der Waals surface area contributed by atoms with Crippen molar-refractivity contribution in [1.82, 2.24) is 10.6 Å². The fraction of sp³-hybridized carbons (Fsp3) is 0.333. The van der Waals surface area contributed by atoms with E-state index in [4.69, 9.17) is 0 Å². The van der Waals surface area contributed by atoms with Crippen molar-refractivity contribution in [2.24, 2.45) is 0 Å². The van der Waals surface area contributed by atoms with Gasteiger partial charge in [0.1, 0.15) is 0 Å². The second kappa shape index (κ2) is 6.98. The van der Waals surface area contributed by atoms with Crippen molar-refractivity contribution in [3.8, 4) is 0 Å². The van der Waals surface area contributed by atoms with Gasteiger partial charge in [-0.3, -0.25) is 9.59 Å². The van der Waals surface area contributed by atoms with Gasteiger partial charge >= 0.3 is 0 Å². The molecule has 0 bridgehead atoms. The van der Waals surface area contributed by atoms with Crippen LogP contribution in [-0.4, -0.2) is 30.9 Å². The molecule has 1 heterocycles. The number of hydrogen-bond donors (Lipinski definition) is 3. The van der Waals surface area contributed by atoms with Crippen LogP contribution in [0, 0.1) is 0 Å². The fourth-order valence-electron chi connectivity index (χ4n) is 1.73. The van der Waals surface area contributed by atoms with Crippen LogP contribution in [0.5, 0.6) is 0 Å². The Bertz CT molecular complexity index is 411. The average Bonchev–Trinajstić information content (AvgIpc) is 2.33. The lowest BCUT2D eigenvalue weighted by atomic mass is 10.1. The molecule has 0 saturated carbocycles. The van der Waals surface area contributed by atoms with Gasteiger partial charge in [0.25, 0.3) is 0 Å². The second-order valence-electron chi connectivity index (χ2n) is 3.92. The number of benzene rings is 1. The van der Waals surface area contributed by atoms with Gasteiger partial charge in [-0.2, -0.15) is 0 Å². The third kappa shape index (κ3) is 4.01. The Morgan fingerprint density at radius 3 is 2.67 bits per heavy atom. The normalized spacial score (nSPS) is 18.4.